The summed E-state index contributed by atoms with van der Waals surface area (Å²) in [5.74, 6) is -1.47. The fourth-order valence-electron chi connectivity index (χ4n) is 3.02. The molecule has 34 heavy (non-hydrogen) atoms. The van der Waals surface area contributed by atoms with Gasteiger partial charge in [-0.05, 0) is 43.2 Å². The SMILES string of the molecule is CCCCOC(=O)c1ccc(NC(=O)c2nc(S(=O)(=O)Cc3cccc(C)c3)ncc2Cl)cc1. The molecule has 0 fully saturated rings. The number of unbranched alkanes of at least 4 members (excludes halogenated alkanes) is 1. The summed E-state index contributed by atoms with van der Waals surface area (Å²) in [6, 6.07) is 13.2. The van der Waals surface area contributed by atoms with E-state index in [-0.39, 0.29) is 16.5 Å². The molecule has 1 aromatic heterocycles. The van der Waals surface area contributed by atoms with Crippen LogP contribution in [0.4, 0.5) is 5.69 Å². The van der Waals surface area contributed by atoms with Gasteiger partial charge >= 0.3 is 5.97 Å². The predicted molar refractivity (Wildman–Crippen MR) is 129 cm³/mol. The molecule has 1 N–H and O–H groups in total. The molecular formula is C24H24ClN3O5S. The number of rotatable bonds is 9. The number of nitrogens with one attached hydrogen (secondary N) is 1. The number of aryl methyl sites for hydroxylation is 1. The van der Waals surface area contributed by atoms with E-state index in [1.54, 1.807) is 18.2 Å². The van der Waals surface area contributed by atoms with Crippen LogP contribution in [0.2, 0.25) is 5.02 Å². The molecule has 0 bridgehead atoms. The fourth-order valence-corrected chi connectivity index (χ4v) is 4.39. The predicted octanol–water partition coefficient (Wildman–Crippen LogP) is 4.62. The number of carbonyl (C=O) groups excluding carboxylic acids is 2. The van der Waals surface area contributed by atoms with Crippen molar-refractivity contribution in [2.45, 2.75) is 37.6 Å². The number of anilines is 1. The smallest absolute Gasteiger partial charge is 0.338 e. The average molecular weight is 502 g/mol. The highest BCUT2D eigenvalue weighted by Crippen LogP contribution is 2.20. The molecule has 1 heterocycles. The first-order valence-corrected chi connectivity index (χ1v) is 12.6. The molecule has 0 aliphatic heterocycles. The second-order valence-electron chi connectivity index (χ2n) is 7.62. The van der Waals surface area contributed by atoms with Crippen molar-refractivity contribution in [2.24, 2.45) is 0 Å². The van der Waals surface area contributed by atoms with E-state index in [0.717, 1.165) is 24.6 Å². The van der Waals surface area contributed by atoms with Gasteiger partial charge in [0.1, 0.15) is 0 Å². The van der Waals surface area contributed by atoms with Gasteiger partial charge in [-0.1, -0.05) is 54.8 Å². The lowest BCUT2D eigenvalue weighted by Crippen LogP contribution is -2.18. The van der Waals surface area contributed by atoms with Crippen molar-refractivity contribution in [1.29, 1.82) is 0 Å². The molecule has 3 aromatic rings. The highest BCUT2D eigenvalue weighted by Gasteiger charge is 2.23. The molecule has 8 nitrogen and oxygen atoms in total. The van der Waals surface area contributed by atoms with Crippen LogP contribution in [0.1, 0.15) is 51.7 Å². The van der Waals surface area contributed by atoms with Crippen LogP contribution in [0.15, 0.2) is 59.9 Å². The number of ether oxygens (including phenoxy) is 1. The van der Waals surface area contributed by atoms with Crippen molar-refractivity contribution >= 4 is 39.0 Å². The minimum atomic E-state index is -3.91. The number of benzene rings is 2. The van der Waals surface area contributed by atoms with Crippen LogP contribution in [-0.4, -0.2) is 36.9 Å². The van der Waals surface area contributed by atoms with E-state index >= 15 is 0 Å². The number of sulfone groups is 1. The number of carbonyl (C=O) groups is 2. The average Bonchev–Trinajstić information content (AvgIpc) is 2.79. The zero-order valence-corrected chi connectivity index (χ0v) is 20.3. The molecule has 0 aliphatic rings. The summed E-state index contributed by atoms with van der Waals surface area (Å²) in [5, 5.41) is 2.01. The lowest BCUT2D eigenvalue weighted by molar-refractivity contribution is 0.0499. The largest absolute Gasteiger partial charge is 0.462 e. The Morgan fingerprint density at radius 1 is 1.12 bits per heavy atom. The highest BCUT2D eigenvalue weighted by atomic mass is 35.5. The molecule has 10 heteroatoms. The van der Waals surface area contributed by atoms with Crippen LogP contribution in [0, 0.1) is 6.92 Å². The molecule has 3 rings (SSSR count). The Hall–Kier alpha value is -3.30. The van der Waals surface area contributed by atoms with Crippen molar-refractivity contribution in [3.63, 3.8) is 0 Å². The van der Waals surface area contributed by atoms with Gasteiger partial charge in [-0.2, -0.15) is 0 Å². The normalized spacial score (nSPS) is 11.1. The maximum atomic E-state index is 12.8. The second kappa shape index (κ2) is 11.2. The molecule has 0 aliphatic carbocycles. The molecular weight excluding hydrogens is 478 g/mol. The van der Waals surface area contributed by atoms with E-state index < -0.39 is 26.9 Å². The van der Waals surface area contributed by atoms with Crippen LogP contribution < -0.4 is 5.32 Å². The summed E-state index contributed by atoms with van der Waals surface area (Å²) in [5.41, 5.74) is 1.94. The van der Waals surface area contributed by atoms with Gasteiger partial charge < -0.3 is 10.1 Å². The van der Waals surface area contributed by atoms with E-state index in [2.05, 4.69) is 15.3 Å². The maximum Gasteiger partial charge on any atom is 0.338 e. The summed E-state index contributed by atoms with van der Waals surface area (Å²) in [7, 11) is -3.91. The van der Waals surface area contributed by atoms with E-state index in [1.165, 1.54) is 24.3 Å². The molecule has 0 spiro atoms. The third kappa shape index (κ3) is 6.61. The number of halogens is 1. The number of esters is 1. The second-order valence-corrected chi connectivity index (χ2v) is 9.91. The van der Waals surface area contributed by atoms with Gasteiger partial charge in [0.05, 0.1) is 29.1 Å². The molecule has 0 atom stereocenters. The van der Waals surface area contributed by atoms with Crippen LogP contribution in [0.3, 0.4) is 0 Å². The summed E-state index contributed by atoms with van der Waals surface area (Å²) >= 11 is 6.07. The maximum absolute atomic E-state index is 12.8. The topological polar surface area (TPSA) is 115 Å². The lowest BCUT2D eigenvalue weighted by Gasteiger charge is -2.09. The Balaban J connectivity index is 1.74. The summed E-state index contributed by atoms with van der Waals surface area (Å²) in [4.78, 5) is 32.5. The van der Waals surface area contributed by atoms with E-state index in [9.17, 15) is 18.0 Å². The van der Waals surface area contributed by atoms with E-state index in [1.807, 2.05) is 19.9 Å². The van der Waals surface area contributed by atoms with Crippen molar-refractivity contribution in [3.05, 3.63) is 82.1 Å². The van der Waals surface area contributed by atoms with Gasteiger partial charge in [0, 0.05) is 5.69 Å². The standard InChI is InChI=1S/C24H24ClN3O5S/c1-3-4-12-33-23(30)18-8-10-19(11-9-18)27-22(29)21-20(25)14-26-24(28-21)34(31,32)15-17-7-5-6-16(2)13-17/h5-11,13-14H,3-4,12,15H2,1-2H3,(H,27,29). The number of hydrogen-bond donors (Lipinski definition) is 1. The highest BCUT2D eigenvalue weighted by molar-refractivity contribution is 7.90. The Labute approximate surface area is 203 Å². The Kier molecular flexibility index (Phi) is 8.36. The van der Waals surface area contributed by atoms with Crippen LogP contribution in [0.5, 0.6) is 0 Å². The summed E-state index contributed by atoms with van der Waals surface area (Å²) < 4.78 is 30.8. The van der Waals surface area contributed by atoms with Crippen LogP contribution in [-0.2, 0) is 20.3 Å². The third-order valence-electron chi connectivity index (χ3n) is 4.76. The van der Waals surface area contributed by atoms with Crippen molar-refractivity contribution in [2.75, 3.05) is 11.9 Å². The zero-order valence-electron chi connectivity index (χ0n) is 18.7. The Morgan fingerprint density at radius 3 is 2.53 bits per heavy atom. The Bertz CT molecular complexity index is 1290. The third-order valence-corrected chi connectivity index (χ3v) is 6.51. The van der Waals surface area contributed by atoms with Gasteiger partial charge in [-0.15, -0.1) is 0 Å². The monoisotopic (exact) mass is 501 g/mol. The van der Waals surface area contributed by atoms with Crippen LogP contribution in [0.25, 0.3) is 0 Å². The number of nitrogens with zero attached hydrogens (tertiary/aromatic N) is 2. The van der Waals surface area contributed by atoms with Crippen molar-refractivity contribution in [1.82, 2.24) is 9.97 Å². The molecule has 0 radical (unpaired) electrons. The van der Waals surface area contributed by atoms with Gasteiger partial charge in [-0.25, -0.2) is 23.2 Å². The van der Waals surface area contributed by atoms with E-state index in [0.29, 0.717) is 23.4 Å². The van der Waals surface area contributed by atoms with Gasteiger partial charge in [-0.3, -0.25) is 4.79 Å². The van der Waals surface area contributed by atoms with Gasteiger partial charge in [0.25, 0.3) is 5.91 Å². The Morgan fingerprint density at radius 2 is 1.85 bits per heavy atom. The molecule has 0 saturated heterocycles. The minimum Gasteiger partial charge on any atom is -0.462 e. The first-order valence-electron chi connectivity index (χ1n) is 10.6. The minimum absolute atomic E-state index is 0.0943. The van der Waals surface area contributed by atoms with Gasteiger partial charge in [0.15, 0.2) is 5.69 Å². The molecule has 2 aromatic carbocycles. The molecule has 178 valence electrons. The fraction of sp³-hybridized carbons (Fsp3) is 0.250. The van der Waals surface area contributed by atoms with Crippen molar-refractivity contribution < 1.29 is 22.7 Å². The van der Waals surface area contributed by atoms with E-state index in [4.69, 9.17) is 16.3 Å². The number of amides is 1. The molecule has 1 amide bonds. The molecule has 0 saturated carbocycles. The lowest BCUT2D eigenvalue weighted by atomic mass is 10.2. The zero-order chi connectivity index (χ0) is 24.7. The summed E-state index contributed by atoms with van der Waals surface area (Å²) in [6.07, 6.45) is 2.78. The summed E-state index contributed by atoms with van der Waals surface area (Å²) in [6.45, 7) is 4.20. The number of aromatic nitrogens is 2. The molecule has 0 unspecified atom stereocenters. The first-order chi connectivity index (χ1) is 16.2. The van der Waals surface area contributed by atoms with Crippen molar-refractivity contribution in [3.8, 4) is 0 Å². The van der Waals surface area contributed by atoms with Crippen LogP contribution >= 0.6 is 11.6 Å². The first kappa shape index (κ1) is 25.3. The number of hydrogen-bond acceptors (Lipinski definition) is 7. The van der Waals surface area contributed by atoms with Gasteiger partial charge in [0.2, 0.25) is 15.0 Å². The quantitative estimate of drug-likeness (QED) is 0.258.